The molecule has 0 aliphatic carbocycles. The molecule has 1 saturated heterocycles. The van der Waals surface area contributed by atoms with Crippen LogP contribution in [0.25, 0.3) is 10.9 Å². The van der Waals surface area contributed by atoms with E-state index in [2.05, 4.69) is 4.98 Å². The Morgan fingerprint density at radius 3 is 2.78 bits per heavy atom. The Hall–Kier alpha value is -2.30. The summed E-state index contributed by atoms with van der Waals surface area (Å²) in [5.74, 6) is 0.597. The zero-order valence-corrected chi connectivity index (χ0v) is 13.8. The molecule has 1 aliphatic heterocycles. The number of para-hydroxylation sites is 1. The fraction of sp³-hybridized carbons (Fsp3) is 0.444. The van der Waals surface area contributed by atoms with Gasteiger partial charge < -0.3 is 14.4 Å². The summed E-state index contributed by atoms with van der Waals surface area (Å²) in [5, 5.41) is 1.08. The van der Waals surface area contributed by atoms with Crippen molar-refractivity contribution in [3.63, 3.8) is 0 Å². The first-order valence-corrected chi connectivity index (χ1v) is 7.91. The van der Waals surface area contributed by atoms with Crippen molar-refractivity contribution in [2.24, 2.45) is 0 Å². The second kappa shape index (κ2) is 6.07. The molecule has 1 fully saturated rings. The summed E-state index contributed by atoms with van der Waals surface area (Å²) in [6, 6.07) is 11.8. The number of likely N-dealkylation sites (tertiary alicyclic amines) is 1. The third-order valence-electron chi connectivity index (χ3n) is 3.66. The third-order valence-corrected chi connectivity index (χ3v) is 3.66. The van der Waals surface area contributed by atoms with Gasteiger partial charge in [0.05, 0.1) is 12.1 Å². The smallest absolute Gasteiger partial charge is 0.410 e. The minimum Gasteiger partial charge on any atom is -0.472 e. The third kappa shape index (κ3) is 3.92. The predicted molar refractivity (Wildman–Crippen MR) is 88.6 cm³/mol. The fourth-order valence-corrected chi connectivity index (χ4v) is 2.60. The lowest BCUT2D eigenvalue weighted by Crippen LogP contribution is -2.36. The van der Waals surface area contributed by atoms with E-state index in [4.69, 9.17) is 9.47 Å². The van der Waals surface area contributed by atoms with Gasteiger partial charge in [0.15, 0.2) is 0 Å². The van der Waals surface area contributed by atoms with Crippen molar-refractivity contribution in [1.29, 1.82) is 0 Å². The lowest BCUT2D eigenvalue weighted by Gasteiger charge is -2.24. The molecule has 0 saturated carbocycles. The quantitative estimate of drug-likeness (QED) is 0.849. The standard InChI is InChI=1S/C18H22N2O3/c1-18(2,3)23-17(21)20-11-10-14(12-20)22-16-9-8-13-6-4-5-7-15(13)19-16/h4-9,14H,10-12H2,1-3H3. The largest absolute Gasteiger partial charge is 0.472 e. The van der Waals surface area contributed by atoms with Crippen molar-refractivity contribution in [1.82, 2.24) is 9.88 Å². The molecule has 0 radical (unpaired) electrons. The highest BCUT2D eigenvalue weighted by atomic mass is 16.6. The van der Waals surface area contributed by atoms with Crippen LogP contribution >= 0.6 is 0 Å². The number of hydrogen-bond acceptors (Lipinski definition) is 4. The van der Waals surface area contributed by atoms with E-state index in [0.29, 0.717) is 19.0 Å². The lowest BCUT2D eigenvalue weighted by atomic mass is 10.2. The summed E-state index contributed by atoms with van der Waals surface area (Å²) < 4.78 is 11.3. The lowest BCUT2D eigenvalue weighted by molar-refractivity contribution is 0.0275. The molecule has 1 atom stereocenters. The van der Waals surface area contributed by atoms with E-state index in [1.54, 1.807) is 4.90 Å². The van der Waals surface area contributed by atoms with Crippen molar-refractivity contribution in [3.8, 4) is 5.88 Å². The second-order valence-electron chi connectivity index (χ2n) is 6.80. The Morgan fingerprint density at radius 1 is 1.22 bits per heavy atom. The summed E-state index contributed by atoms with van der Waals surface area (Å²) in [5.41, 5.74) is 0.433. The zero-order valence-electron chi connectivity index (χ0n) is 13.8. The maximum absolute atomic E-state index is 12.1. The summed E-state index contributed by atoms with van der Waals surface area (Å²) >= 11 is 0. The van der Waals surface area contributed by atoms with Crippen LogP contribution in [0.4, 0.5) is 4.79 Å². The molecule has 2 aromatic rings. The normalized spacial score (nSPS) is 18.2. The highest BCUT2D eigenvalue weighted by Crippen LogP contribution is 2.21. The number of hydrogen-bond donors (Lipinski definition) is 0. The van der Waals surface area contributed by atoms with Gasteiger partial charge >= 0.3 is 6.09 Å². The van der Waals surface area contributed by atoms with Crippen LogP contribution in [0.15, 0.2) is 36.4 Å². The molecule has 1 aliphatic rings. The highest BCUT2D eigenvalue weighted by Gasteiger charge is 2.31. The number of benzene rings is 1. The summed E-state index contributed by atoms with van der Waals surface area (Å²) in [6.45, 7) is 6.78. The molecule has 0 N–H and O–H groups in total. The van der Waals surface area contributed by atoms with Gasteiger partial charge in [0.1, 0.15) is 11.7 Å². The van der Waals surface area contributed by atoms with Gasteiger partial charge in [-0.15, -0.1) is 0 Å². The van der Waals surface area contributed by atoms with Crippen LogP contribution in [0.3, 0.4) is 0 Å². The summed E-state index contributed by atoms with van der Waals surface area (Å²) in [4.78, 5) is 18.3. The molecule has 122 valence electrons. The number of nitrogens with zero attached hydrogens (tertiary/aromatic N) is 2. The van der Waals surface area contributed by atoms with Gasteiger partial charge in [-0.25, -0.2) is 9.78 Å². The molecule has 5 heteroatoms. The number of aromatic nitrogens is 1. The number of amides is 1. The summed E-state index contributed by atoms with van der Waals surface area (Å²) in [6.07, 6.45) is 0.458. The average Bonchev–Trinajstić information content (AvgIpc) is 2.94. The fourth-order valence-electron chi connectivity index (χ4n) is 2.60. The van der Waals surface area contributed by atoms with Crippen LogP contribution in [-0.4, -0.2) is 40.8 Å². The van der Waals surface area contributed by atoms with Crippen molar-refractivity contribution >= 4 is 17.0 Å². The minimum atomic E-state index is -0.476. The maximum atomic E-state index is 12.1. The Morgan fingerprint density at radius 2 is 2.00 bits per heavy atom. The van der Waals surface area contributed by atoms with E-state index >= 15 is 0 Å². The maximum Gasteiger partial charge on any atom is 0.410 e. The highest BCUT2D eigenvalue weighted by molar-refractivity contribution is 5.78. The molecule has 23 heavy (non-hydrogen) atoms. The number of carbonyl (C=O) groups excluding carboxylic acids is 1. The predicted octanol–water partition coefficient (Wildman–Crippen LogP) is 3.62. The number of pyridine rings is 1. The first kappa shape index (κ1) is 15.6. The molecule has 5 nitrogen and oxygen atoms in total. The van der Waals surface area contributed by atoms with Gasteiger partial charge in [-0.1, -0.05) is 18.2 Å². The van der Waals surface area contributed by atoms with Gasteiger partial charge in [-0.3, -0.25) is 0 Å². The molecule has 1 amide bonds. The van der Waals surface area contributed by atoms with E-state index < -0.39 is 5.60 Å². The molecule has 0 bridgehead atoms. The topological polar surface area (TPSA) is 51.7 Å². The SMILES string of the molecule is CC(C)(C)OC(=O)N1CCC(Oc2ccc3ccccc3n2)C1. The molecular weight excluding hydrogens is 292 g/mol. The van der Waals surface area contributed by atoms with Gasteiger partial charge in [0, 0.05) is 24.4 Å². The van der Waals surface area contributed by atoms with E-state index in [1.807, 2.05) is 57.2 Å². The average molecular weight is 314 g/mol. The molecular formula is C18H22N2O3. The van der Waals surface area contributed by atoms with Crippen LogP contribution < -0.4 is 4.74 Å². The number of rotatable bonds is 2. The molecule has 2 heterocycles. The van der Waals surface area contributed by atoms with Crippen LogP contribution in [0.5, 0.6) is 5.88 Å². The molecule has 1 aromatic heterocycles. The summed E-state index contributed by atoms with van der Waals surface area (Å²) in [7, 11) is 0. The Bertz CT molecular complexity index is 709. The Balaban J connectivity index is 1.61. The number of fused-ring (bicyclic) bond motifs is 1. The molecule has 1 aromatic carbocycles. The zero-order chi connectivity index (χ0) is 16.4. The number of carbonyl (C=O) groups is 1. The van der Waals surface area contributed by atoms with Crippen LogP contribution in [0.1, 0.15) is 27.2 Å². The van der Waals surface area contributed by atoms with Crippen LogP contribution in [-0.2, 0) is 4.74 Å². The minimum absolute atomic E-state index is 0.0452. The van der Waals surface area contributed by atoms with E-state index in [0.717, 1.165) is 17.3 Å². The van der Waals surface area contributed by atoms with Crippen LogP contribution in [0.2, 0.25) is 0 Å². The van der Waals surface area contributed by atoms with Crippen molar-refractivity contribution in [3.05, 3.63) is 36.4 Å². The molecule has 1 unspecified atom stereocenters. The Labute approximate surface area is 136 Å². The van der Waals surface area contributed by atoms with Crippen molar-refractivity contribution < 1.29 is 14.3 Å². The monoisotopic (exact) mass is 314 g/mol. The first-order chi connectivity index (χ1) is 10.9. The van der Waals surface area contributed by atoms with Crippen molar-refractivity contribution in [2.45, 2.75) is 38.9 Å². The van der Waals surface area contributed by atoms with E-state index in [9.17, 15) is 4.79 Å². The van der Waals surface area contributed by atoms with Gasteiger partial charge in [-0.2, -0.15) is 0 Å². The van der Waals surface area contributed by atoms with E-state index in [-0.39, 0.29) is 12.2 Å². The Kier molecular flexibility index (Phi) is 4.11. The van der Waals surface area contributed by atoms with Gasteiger partial charge in [-0.05, 0) is 32.9 Å². The van der Waals surface area contributed by atoms with Gasteiger partial charge in [0.25, 0.3) is 0 Å². The van der Waals surface area contributed by atoms with Gasteiger partial charge in [0.2, 0.25) is 5.88 Å². The number of ether oxygens (including phenoxy) is 2. The molecule has 0 spiro atoms. The first-order valence-electron chi connectivity index (χ1n) is 7.91. The second-order valence-corrected chi connectivity index (χ2v) is 6.80. The van der Waals surface area contributed by atoms with E-state index in [1.165, 1.54) is 0 Å². The van der Waals surface area contributed by atoms with Crippen molar-refractivity contribution in [2.75, 3.05) is 13.1 Å². The van der Waals surface area contributed by atoms with Crippen LogP contribution in [0, 0.1) is 0 Å². The molecule has 3 rings (SSSR count).